The Hall–Kier alpha value is -1.31. The lowest BCUT2D eigenvalue weighted by molar-refractivity contribution is 0.462. The van der Waals surface area contributed by atoms with Crippen LogP contribution in [-0.2, 0) is 13.0 Å². The van der Waals surface area contributed by atoms with Gasteiger partial charge < -0.3 is 5.32 Å². The molecule has 4 rings (SSSR count). The summed E-state index contributed by atoms with van der Waals surface area (Å²) in [7, 11) is 0. The Morgan fingerprint density at radius 1 is 0.833 bits per heavy atom. The molecule has 1 aliphatic heterocycles. The molecule has 18 heavy (non-hydrogen) atoms. The molecule has 2 aromatic rings. The summed E-state index contributed by atoms with van der Waals surface area (Å²) in [6.45, 7) is 1.02. The van der Waals surface area contributed by atoms with E-state index in [0.29, 0.717) is 12.0 Å². The predicted molar refractivity (Wildman–Crippen MR) is 76.3 cm³/mol. The van der Waals surface area contributed by atoms with Crippen LogP contribution in [0.3, 0.4) is 0 Å². The number of hydrogen-bond acceptors (Lipinski definition) is 1. The Morgan fingerprint density at radius 3 is 2.22 bits per heavy atom. The van der Waals surface area contributed by atoms with Crippen LogP contribution in [0.4, 0.5) is 0 Å². The molecule has 0 fully saturated rings. The van der Waals surface area contributed by atoms with Gasteiger partial charge in [-0.1, -0.05) is 48.5 Å². The molecule has 2 aliphatic rings. The minimum absolute atomic E-state index is 0. The third-order valence-electron chi connectivity index (χ3n) is 4.18. The summed E-state index contributed by atoms with van der Waals surface area (Å²) in [5.74, 6) is 0.566. The van der Waals surface area contributed by atoms with Crippen molar-refractivity contribution in [3.63, 3.8) is 0 Å². The van der Waals surface area contributed by atoms with Gasteiger partial charge in [0.1, 0.15) is 0 Å². The van der Waals surface area contributed by atoms with E-state index in [1.807, 2.05) is 0 Å². The summed E-state index contributed by atoms with van der Waals surface area (Å²) < 4.78 is 0. The number of rotatable bonds is 0. The second-order valence-electron chi connectivity index (χ2n) is 5.07. The molecule has 0 radical (unpaired) electrons. The fourth-order valence-corrected chi connectivity index (χ4v) is 3.41. The maximum absolute atomic E-state index is 3.68. The van der Waals surface area contributed by atoms with Crippen LogP contribution in [-0.4, -0.2) is 6.04 Å². The molecule has 0 aromatic heterocycles. The van der Waals surface area contributed by atoms with E-state index in [4.69, 9.17) is 0 Å². The van der Waals surface area contributed by atoms with Crippen molar-refractivity contribution in [2.45, 2.75) is 24.9 Å². The van der Waals surface area contributed by atoms with E-state index >= 15 is 0 Å². The molecule has 2 atom stereocenters. The molecule has 0 amide bonds. The van der Waals surface area contributed by atoms with Gasteiger partial charge in [-0.05, 0) is 28.7 Å². The molecule has 1 aliphatic carbocycles. The highest BCUT2D eigenvalue weighted by atomic mass is 35.5. The van der Waals surface area contributed by atoms with Crippen molar-refractivity contribution in [3.8, 4) is 0 Å². The zero-order chi connectivity index (χ0) is 11.2. The average Bonchev–Trinajstić information content (AvgIpc) is 2.77. The standard InChI is InChI=1S/C16H15N.ClH/c1-3-7-13-11(5-1)9-15-16(13)14-8-4-2-6-12(14)10-17-15;/h1-8,15-17H,9-10H2;1H. The molecule has 0 saturated heterocycles. The van der Waals surface area contributed by atoms with Gasteiger partial charge in [0.05, 0.1) is 0 Å². The van der Waals surface area contributed by atoms with E-state index in [2.05, 4.69) is 53.8 Å². The first-order valence-corrected chi connectivity index (χ1v) is 6.32. The van der Waals surface area contributed by atoms with Gasteiger partial charge in [0, 0.05) is 18.5 Å². The molecule has 1 heterocycles. The van der Waals surface area contributed by atoms with Gasteiger partial charge in [0.15, 0.2) is 0 Å². The van der Waals surface area contributed by atoms with Crippen molar-refractivity contribution in [1.82, 2.24) is 5.32 Å². The molecular formula is C16H16ClN. The van der Waals surface area contributed by atoms with E-state index in [1.54, 1.807) is 0 Å². The molecular weight excluding hydrogens is 242 g/mol. The van der Waals surface area contributed by atoms with Crippen LogP contribution in [0.15, 0.2) is 48.5 Å². The van der Waals surface area contributed by atoms with E-state index in [0.717, 1.165) is 6.54 Å². The van der Waals surface area contributed by atoms with Gasteiger partial charge in [-0.15, -0.1) is 12.4 Å². The quantitative estimate of drug-likeness (QED) is 0.764. The minimum Gasteiger partial charge on any atom is -0.309 e. The van der Waals surface area contributed by atoms with E-state index in [-0.39, 0.29) is 12.4 Å². The Balaban J connectivity index is 0.000001000. The smallest absolute Gasteiger partial charge is 0.0252 e. The highest BCUT2D eigenvalue weighted by molar-refractivity contribution is 5.85. The first kappa shape index (κ1) is 11.8. The number of halogens is 1. The highest BCUT2D eigenvalue weighted by Crippen LogP contribution is 2.41. The van der Waals surface area contributed by atoms with Crippen LogP contribution in [0.2, 0.25) is 0 Å². The summed E-state index contributed by atoms with van der Waals surface area (Å²) in [5.41, 5.74) is 6.04. The second-order valence-corrected chi connectivity index (χ2v) is 5.07. The number of fused-ring (bicyclic) bond motifs is 5. The zero-order valence-corrected chi connectivity index (χ0v) is 10.9. The lowest BCUT2D eigenvalue weighted by Gasteiger charge is -2.30. The first-order chi connectivity index (χ1) is 8.43. The summed E-state index contributed by atoms with van der Waals surface area (Å²) in [5, 5.41) is 3.68. The lowest BCUT2D eigenvalue weighted by Crippen LogP contribution is -2.37. The maximum atomic E-state index is 3.68. The zero-order valence-electron chi connectivity index (χ0n) is 10.1. The monoisotopic (exact) mass is 257 g/mol. The topological polar surface area (TPSA) is 12.0 Å². The molecule has 2 unspecified atom stereocenters. The van der Waals surface area contributed by atoms with Gasteiger partial charge in [0.25, 0.3) is 0 Å². The van der Waals surface area contributed by atoms with Crippen molar-refractivity contribution in [3.05, 3.63) is 70.8 Å². The molecule has 1 N–H and O–H groups in total. The Bertz CT molecular complexity index is 579. The van der Waals surface area contributed by atoms with Gasteiger partial charge in [-0.25, -0.2) is 0 Å². The van der Waals surface area contributed by atoms with Gasteiger partial charge >= 0.3 is 0 Å². The van der Waals surface area contributed by atoms with Crippen LogP contribution in [0.25, 0.3) is 0 Å². The fourth-order valence-electron chi connectivity index (χ4n) is 3.41. The third kappa shape index (κ3) is 1.58. The summed E-state index contributed by atoms with van der Waals surface area (Å²) in [6, 6.07) is 18.4. The first-order valence-electron chi connectivity index (χ1n) is 6.32. The Labute approximate surface area is 114 Å². The van der Waals surface area contributed by atoms with Gasteiger partial charge in [0.2, 0.25) is 0 Å². The molecule has 0 spiro atoms. The largest absolute Gasteiger partial charge is 0.309 e. The number of hydrogen-bond donors (Lipinski definition) is 1. The Kier molecular flexibility index (Phi) is 2.89. The van der Waals surface area contributed by atoms with Gasteiger partial charge in [-0.3, -0.25) is 0 Å². The molecule has 2 aromatic carbocycles. The van der Waals surface area contributed by atoms with Crippen molar-refractivity contribution in [2.24, 2.45) is 0 Å². The van der Waals surface area contributed by atoms with E-state index in [9.17, 15) is 0 Å². The molecule has 0 saturated carbocycles. The molecule has 1 nitrogen and oxygen atoms in total. The van der Waals surface area contributed by atoms with Crippen molar-refractivity contribution >= 4 is 12.4 Å². The van der Waals surface area contributed by atoms with Crippen molar-refractivity contribution < 1.29 is 0 Å². The van der Waals surface area contributed by atoms with Crippen molar-refractivity contribution in [1.29, 1.82) is 0 Å². The number of benzene rings is 2. The normalized spacial score (nSPS) is 23.6. The number of nitrogens with one attached hydrogen (secondary N) is 1. The van der Waals surface area contributed by atoms with Crippen LogP contribution >= 0.6 is 12.4 Å². The Morgan fingerprint density at radius 2 is 1.44 bits per heavy atom. The maximum Gasteiger partial charge on any atom is 0.0252 e. The summed E-state index contributed by atoms with van der Waals surface area (Å²) in [6.07, 6.45) is 1.18. The third-order valence-corrected chi connectivity index (χ3v) is 4.18. The summed E-state index contributed by atoms with van der Waals surface area (Å²) >= 11 is 0. The predicted octanol–water partition coefficient (Wildman–Crippen LogP) is 3.27. The molecule has 2 heteroatoms. The van der Waals surface area contributed by atoms with E-state index in [1.165, 1.54) is 28.7 Å². The molecule has 92 valence electrons. The van der Waals surface area contributed by atoms with Crippen LogP contribution in [0, 0.1) is 0 Å². The minimum atomic E-state index is 0. The van der Waals surface area contributed by atoms with Crippen molar-refractivity contribution in [2.75, 3.05) is 0 Å². The van der Waals surface area contributed by atoms with E-state index < -0.39 is 0 Å². The van der Waals surface area contributed by atoms with Crippen LogP contribution in [0.1, 0.15) is 28.2 Å². The summed E-state index contributed by atoms with van der Waals surface area (Å²) in [4.78, 5) is 0. The SMILES string of the molecule is Cl.c1ccc2c(c1)CNC1Cc3ccccc3C21. The van der Waals surface area contributed by atoms with Gasteiger partial charge in [-0.2, -0.15) is 0 Å². The average molecular weight is 258 g/mol. The lowest BCUT2D eigenvalue weighted by atomic mass is 9.84. The highest BCUT2D eigenvalue weighted by Gasteiger charge is 2.36. The van der Waals surface area contributed by atoms with Crippen LogP contribution < -0.4 is 5.32 Å². The van der Waals surface area contributed by atoms with Crippen LogP contribution in [0.5, 0.6) is 0 Å². The fraction of sp³-hybridized carbons (Fsp3) is 0.250. The second kappa shape index (κ2) is 4.42. The molecule has 0 bridgehead atoms.